The molecule has 0 saturated heterocycles. The maximum Gasteiger partial charge on any atom is 0.156 e. The summed E-state index contributed by atoms with van der Waals surface area (Å²) in [6.45, 7) is 4.27. The molecular weight excluding hydrogens is 186 g/mol. The molecule has 2 rings (SSSR count). The molecule has 0 aromatic carbocycles. The molecule has 0 radical (unpaired) electrons. The van der Waals surface area contributed by atoms with E-state index in [1.54, 1.807) is 0 Å². The lowest BCUT2D eigenvalue weighted by Gasteiger charge is -2.19. The highest BCUT2D eigenvalue weighted by molar-refractivity contribution is 6.35. The van der Waals surface area contributed by atoms with Crippen LogP contribution in [0.15, 0.2) is 25.8 Å². The van der Waals surface area contributed by atoms with E-state index >= 15 is 0 Å². The van der Waals surface area contributed by atoms with Crippen LogP contribution >= 0.6 is 11.6 Å². The lowest BCUT2D eigenvalue weighted by Crippen LogP contribution is -2.24. The van der Waals surface area contributed by atoms with Crippen molar-refractivity contribution in [2.75, 3.05) is 0 Å². The minimum Gasteiger partial charge on any atom is -0.246 e. The van der Waals surface area contributed by atoms with Gasteiger partial charge in [-0.3, -0.25) is 0 Å². The monoisotopic (exact) mass is 195 g/mol. The van der Waals surface area contributed by atoms with Gasteiger partial charge in [0.05, 0.1) is 5.71 Å². The van der Waals surface area contributed by atoms with Crippen molar-refractivity contribution in [1.82, 2.24) is 0 Å². The number of halogens is 1. The van der Waals surface area contributed by atoms with Crippen molar-refractivity contribution in [3.63, 3.8) is 0 Å². The lowest BCUT2D eigenvalue weighted by atomic mass is 9.89. The molecular formula is C9H10ClN3. The number of aliphatic imine (C=N–C) groups is 3. The highest BCUT2D eigenvalue weighted by Gasteiger charge is 2.28. The Kier molecular flexibility index (Phi) is 2.04. The van der Waals surface area contributed by atoms with Gasteiger partial charge in [-0.2, -0.15) is 0 Å². The summed E-state index contributed by atoms with van der Waals surface area (Å²) < 4.78 is 0. The Balaban J connectivity index is 2.40. The van der Waals surface area contributed by atoms with Crippen LogP contribution in [0.5, 0.6) is 0 Å². The smallest absolute Gasteiger partial charge is 0.156 e. The topological polar surface area (TPSA) is 37.1 Å². The van der Waals surface area contributed by atoms with E-state index in [0.29, 0.717) is 11.1 Å². The number of hydrogen-bond donors (Lipinski definition) is 0. The molecule has 0 fully saturated rings. The summed E-state index contributed by atoms with van der Waals surface area (Å²) in [5.41, 5.74) is 1.69. The summed E-state index contributed by atoms with van der Waals surface area (Å²) in [5.74, 6) is 0.726. The van der Waals surface area contributed by atoms with Crippen molar-refractivity contribution >= 4 is 29.9 Å². The van der Waals surface area contributed by atoms with Crippen molar-refractivity contribution in [2.45, 2.75) is 13.8 Å². The summed E-state index contributed by atoms with van der Waals surface area (Å²) in [6.07, 6.45) is 3.39. The molecule has 2 aliphatic heterocycles. The summed E-state index contributed by atoms with van der Waals surface area (Å²) in [7, 11) is 0. The van der Waals surface area contributed by atoms with Crippen LogP contribution in [-0.2, 0) is 0 Å². The molecule has 2 heterocycles. The quantitative estimate of drug-likeness (QED) is 0.576. The summed E-state index contributed by atoms with van der Waals surface area (Å²) in [6, 6.07) is 0. The lowest BCUT2D eigenvalue weighted by molar-refractivity contribution is 0.608. The number of rotatable bonds is 1. The zero-order chi connectivity index (χ0) is 9.42. The van der Waals surface area contributed by atoms with Crippen LogP contribution in [-0.4, -0.2) is 18.3 Å². The number of nitrogens with zero attached hydrogens (tertiary/aromatic N) is 3. The van der Waals surface area contributed by atoms with Crippen LogP contribution in [0.1, 0.15) is 13.8 Å². The number of allylic oxidation sites excluding steroid dienone is 1. The molecule has 0 bridgehead atoms. The summed E-state index contributed by atoms with van der Waals surface area (Å²) in [5, 5.41) is 0.449. The molecule has 0 aromatic heterocycles. The third-order valence-electron chi connectivity index (χ3n) is 2.20. The molecule has 0 aromatic rings. The van der Waals surface area contributed by atoms with E-state index in [-0.39, 0.29) is 5.92 Å². The third-order valence-corrected chi connectivity index (χ3v) is 2.48. The number of hydrogen-bond acceptors (Lipinski definition) is 3. The third kappa shape index (κ3) is 1.33. The van der Waals surface area contributed by atoms with Crippen LogP contribution in [0.3, 0.4) is 0 Å². The minimum atomic E-state index is 0.250. The van der Waals surface area contributed by atoms with Gasteiger partial charge in [0.25, 0.3) is 0 Å². The van der Waals surface area contributed by atoms with E-state index in [1.165, 1.54) is 6.34 Å². The molecule has 1 unspecified atom stereocenters. The van der Waals surface area contributed by atoms with Gasteiger partial charge in [-0.15, -0.1) is 0 Å². The fourth-order valence-electron chi connectivity index (χ4n) is 1.44. The predicted octanol–water partition coefficient (Wildman–Crippen LogP) is 2.23. The zero-order valence-corrected chi connectivity index (χ0v) is 8.28. The summed E-state index contributed by atoms with van der Waals surface area (Å²) in [4.78, 5) is 12.4. The second kappa shape index (κ2) is 3.07. The molecule has 0 N–H and O–H groups in total. The first-order valence-electron chi connectivity index (χ1n) is 4.24. The van der Waals surface area contributed by atoms with Gasteiger partial charge in [0.1, 0.15) is 12.0 Å². The second-order valence-corrected chi connectivity index (χ2v) is 3.80. The number of fused-ring (bicyclic) bond motifs is 1. The van der Waals surface area contributed by atoms with Crippen LogP contribution in [0, 0.1) is 11.8 Å². The largest absolute Gasteiger partial charge is 0.246 e. The molecule has 0 saturated carbocycles. The van der Waals surface area contributed by atoms with Gasteiger partial charge in [-0.05, 0) is 5.92 Å². The first kappa shape index (κ1) is 8.63. The molecule has 3 nitrogen and oxygen atoms in total. The maximum atomic E-state index is 5.87. The molecule has 0 aliphatic carbocycles. The Morgan fingerprint density at radius 3 is 2.85 bits per heavy atom. The first-order valence-corrected chi connectivity index (χ1v) is 4.62. The molecule has 1 atom stereocenters. The Labute approximate surface area is 81.9 Å². The Hall–Kier alpha value is -0.960. The van der Waals surface area contributed by atoms with Gasteiger partial charge >= 0.3 is 0 Å². The van der Waals surface area contributed by atoms with E-state index in [4.69, 9.17) is 11.6 Å². The SMILES string of the molecule is CC(C)C1C=NC(Cl)=C2N=CN=C21. The van der Waals surface area contributed by atoms with Gasteiger partial charge in [0.15, 0.2) is 5.16 Å². The summed E-state index contributed by atoms with van der Waals surface area (Å²) >= 11 is 5.87. The van der Waals surface area contributed by atoms with Crippen molar-refractivity contribution < 1.29 is 0 Å². The van der Waals surface area contributed by atoms with Gasteiger partial charge < -0.3 is 0 Å². The van der Waals surface area contributed by atoms with Crippen molar-refractivity contribution in [3.8, 4) is 0 Å². The second-order valence-electron chi connectivity index (χ2n) is 3.45. The first-order chi connectivity index (χ1) is 6.20. The standard InChI is InChI=1S/C9H10ClN3/c1-5(2)6-3-11-9(10)8-7(6)12-4-13-8/h3-6H,1-2H3. The predicted molar refractivity (Wildman–Crippen MR) is 55.6 cm³/mol. The van der Waals surface area contributed by atoms with E-state index in [2.05, 4.69) is 28.8 Å². The Morgan fingerprint density at radius 1 is 1.38 bits per heavy atom. The average molecular weight is 196 g/mol. The van der Waals surface area contributed by atoms with Gasteiger partial charge in [-0.25, -0.2) is 15.0 Å². The highest BCUT2D eigenvalue weighted by Crippen LogP contribution is 2.28. The normalized spacial score (nSPS) is 25.5. The highest BCUT2D eigenvalue weighted by atomic mass is 35.5. The van der Waals surface area contributed by atoms with E-state index in [9.17, 15) is 0 Å². The molecule has 0 spiro atoms. The average Bonchev–Trinajstić information content (AvgIpc) is 2.53. The van der Waals surface area contributed by atoms with Gasteiger partial charge in [-0.1, -0.05) is 25.4 Å². The zero-order valence-electron chi connectivity index (χ0n) is 7.53. The fourth-order valence-corrected chi connectivity index (χ4v) is 1.65. The van der Waals surface area contributed by atoms with E-state index in [0.717, 1.165) is 11.4 Å². The van der Waals surface area contributed by atoms with Crippen molar-refractivity contribution in [2.24, 2.45) is 26.8 Å². The van der Waals surface area contributed by atoms with Crippen LogP contribution < -0.4 is 0 Å². The molecule has 2 aliphatic rings. The molecule has 68 valence electrons. The van der Waals surface area contributed by atoms with E-state index in [1.807, 2.05) is 6.21 Å². The van der Waals surface area contributed by atoms with Gasteiger partial charge in [0.2, 0.25) is 0 Å². The molecule has 4 heteroatoms. The Morgan fingerprint density at radius 2 is 2.15 bits per heavy atom. The van der Waals surface area contributed by atoms with Crippen LogP contribution in [0.4, 0.5) is 0 Å². The molecule has 0 amide bonds. The minimum absolute atomic E-state index is 0.250. The molecule has 13 heavy (non-hydrogen) atoms. The van der Waals surface area contributed by atoms with E-state index < -0.39 is 0 Å². The Bertz CT molecular complexity index is 350. The van der Waals surface area contributed by atoms with Gasteiger partial charge in [0, 0.05) is 12.1 Å². The fraction of sp³-hybridized carbons (Fsp3) is 0.444. The van der Waals surface area contributed by atoms with Crippen molar-refractivity contribution in [3.05, 3.63) is 10.9 Å². The van der Waals surface area contributed by atoms with Crippen LogP contribution in [0.25, 0.3) is 0 Å². The van der Waals surface area contributed by atoms with Crippen LogP contribution in [0.2, 0.25) is 0 Å². The maximum absolute atomic E-state index is 5.87. The van der Waals surface area contributed by atoms with Crippen molar-refractivity contribution in [1.29, 1.82) is 0 Å².